The predicted octanol–water partition coefficient (Wildman–Crippen LogP) is 3.63. The molecule has 150 valence electrons. The van der Waals surface area contributed by atoms with Gasteiger partial charge in [-0.2, -0.15) is 5.10 Å². The van der Waals surface area contributed by atoms with Crippen molar-refractivity contribution < 1.29 is 9.18 Å². The fraction of sp³-hybridized carbons (Fsp3) is 0.304. The Morgan fingerprint density at radius 1 is 1.10 bits per heavy atom. The van der Waals surface area contributed by atoms with E-state index in [0.717, 1.165) is 24.1 Å². The maximum atomic E-state index is 14.0. The first kappa shape index (κ1) is 19.3. The number of amides is 1. The van der Waals surface area contributed by atoms with Gasteiger partial charge in [0.15, 0.2) is 0 Å². The SMILES string of the molecule is CN(Cc1cnn(-c2ccccc2)c1)C(=O)CN(Cc1ccccc1F)C1CC1. The number of rotatable bonds is 8. The summed E-state index contributed by atoms with van der Waals surface area (Å²) in [5.41, 5.74) is 2.59. The summed E-state index contributed by atoms with van der Waals surface area (Å²) < 4.78 is 15.8. The second-order valence-corrected chi connectivity index (χ2v) is 7.61. The number of benzene rings is 2. The summed E-state index contributed by atoms with van der Waals surface area (Å²) in [6, 6.07) is 17.0. The maximum absolute atomic E-state index is 14.0. The molecule has 1 fully saturated rings. The van der Waals surface area contributed by atoms with Gasteiger partial charge < -0.3 is 4.90 Å². The molecule has 29 heavy (non-hydrogen) atoms. The van der Waals surface area contributed by atoms with Crippen LogP contribution < -0.4 is 0 Å². The lowest BCUT2D eigenvalue weighted by Crippen LogP contribution is -2.39. The minimum Gasteiger partial charge on any atom is -0.340 e. The molecule has 2 aromatic carbocycles. The van der Waals surface area contributed by atoms with Crippen LogP contribution in [0.5, 0.6) is 0 Å². The van der Waals surface area contributed by atoms with E-state index in [9.17, 15) is 9.18 Å². The molecule has 5 nitrogen and oxygen atoms in total. The van der Waals surface area contributed by atoms with Crippen LogP contribution in [0.2, 0.25) is 0 Å². The Morgan fingerprint density at radius 2 is 1.83 bits per heavy atom. The Balaban J connectivity index is 1.37. The maximum Gasteiger partial charge on any atom is 0.236 e. The zero-order valence-electron chi connectivity index (χ0n) is 16.5. The molecule has 0 N–H and O–H groups in total. The van der Waals surface area contributed by atoms with E-state index in [-0.39, 0.29) is 11.7 Å². The van der Waals surface area contributed by atoms with Gasteiger partial charge in [-0.05, 0) is 31.0 Å². The molecule has 3 aromatic rings. The van der Waals surface area contributed by atoms with Crippen LogP contribution in [-0.4, -0.2) is 45.1 Å². The van der Waals surface area contributed by atoms with Crippen molar-refractivity contribution in [2.45, 2.75) is 32.0 Å². The number of likely N-dealkylation sites (N-methyl/N-ethyl adjacent to an activating group) is 1. The molecule has 0 spiro atoms. The number of carbonyl (C=O) groups is 1. The molecule has 1 saturated carbocycles. The van der Waals surface area contributed by atoms with Gasteiger partial charge >= 0.3 is 0 Å². The number of halogens is 1. The molecule has 0 unspecified atom stereocenters. The summed E-state index contributed by atoms with van der Waals surface area (Å²) in [5, 5.41) is 4.39. The highest BCUT2D eigenvalue weighted by atomic mass is 19.1. The number of carbonyl (C=O) groups excluding carboxylic acids is 1. The summed E-state index contributed by atoms with van der Waals surface area (Å²) in [5.74, 6) is -0.187. The summed E-state index contributed by atoms with van der Waals surface area (Å²) in [4.78, 5) is 16.6. The zero-order valence-corrected chi connectivity index (χ0v) is 16.5. The van der Waals surface area contributed by atoms with Gasteiger partial charge in [-0.1, -0.05) is 36.4 Å². The van der Waals surface area contributed by atoms with Crippen molar-refractivity contribution in [3.63, 3.8) is 0 Å². The number of para-hydroxylation sites is 1. The number of hydrogen-bond donors (Lipinski definition) is 0. The molecule has 0 saturated heterocycles. The molecular weight excluding hydrogens is 367 g/mol. The van der Waals surface area contributed by atoms with E-state index in [1.54, 1.807) is 30.3 Å². The lowest BCUT2D eigenvalue weighted by atomic mass is 10.2. The van der Waals surface area contributed by atoms with E-state index < -0.39 is 0 Å². The van der Waals surface area contributed by atoms with Crippen molar-refractivity contribution in [3.05, 3.63) is 83.9 Å². The van der Waals surface area contributed by atoms with Crippen LogP contribution in [-0.2, 0) is 17.9 Å². The third-order valence-corrected chi connectivity index (χ3v) is 5.24. The first-order chi connectivity index (χ1) is 14.1. The molecule has 0 atom stereocenters. The molecule has 0 aliphatic heterocycles. The molecule has 1 amide bonds. The second kappa shape index (κ2) is 8.57. The number of hydrogen-bond acceptors (Lipinski definition) is 3. The van der Waals surface area contributed by atoms with Crippen molar-refractivity contribution >= 4 is 5.91 Å². The van der Waals surface area contributed by atoms with Gasteiger partial charge in [-0.25, -0.2) is 9.07 Å². The van der Waals surface area contributed by atoms with Crippen molar-refractivity contribution in [2.24, 2.45) is 0 Å². The molecule has 1 aliphatic carbocycles. The Morgan fingerprint density at radius 3 is 2.55 bits per heavy atom. The Kier molecular flexibility index (Phi) is 5.71. The van der Waals surface area contributed by atoms with E-state index in [1.165, 1.54) is 6.07 Å². The van der Waals surface area contributed by atoms with Crippen LogP contribution in [0.3, 0.4) is 0 Å². The van der Waals surface area contributed by atoms with Crippen molar-refractivity contribution in [2.75, 3.05) is 13.6 Å². The van der Waals surface area contributed by atoms with Crippen LogP contribution in [0.4, 0.5) is 4.39 Å². The normalized spacial score (nSPS) is 13.6. The van der Waals surface area contributed by atoms with Gasteiger partial charge in [0.1, 0.15) is 5.82 Å². The highest BCUT2D eigenvalue weighted by Gasteiger charge is 2.31. The van der Waals surface area contributed by atoms with Gasteiger partial charge in [0, 0.05) is 43.5 Å². The molecule has 0 bridgehead atoms. The molecule has 1 heterocycles. The smallest absolute Gasteiger partial charge is 0.236 e. The summed E-state index contributed by atoms with van der Waals surface area (Å²) in [6.45, 7) is 1.25. The minimum absolute atomic E-state index is 0.0284. The first-order valence-electron chi connectivity index (χ1n) is 9.90. The first-order valence-corrected chi connectivity index (χ1v) is 9.90. The lowest BCUT2D eigenvalue weighted by molar-refractivity contribution is -0.132. The van der Waals surface area contributed by atoms with Crippen LogP contribution in [0.25, 0.3) is 5.69 Å². The van der Waals surface area contributed by atoms with E-state index in [2.05, 4.69) is 10.00 Å². The molecule has 1 aromatic heterocycles. The number of aromatic nitrogens is 2. The van der Waals surface area contributed by atoms with Gasteiger partial charge in [-0.3, -0.25) is 9.69 Å². The largest absolute Gasteiger partial charge is 0.340 e. The lowest BCUT2D eigenvalue weighted by Gasteiger charge is -2.25. The predicted molar refractivity (Wildman–Crippen MR) is 110 cm³/mol. The van der Waals surface area contributed by atoms with Crippen molar-refractivity contribution in [1.82, 2.24) is 19.6 Å². The van der Waals surface area contributed by atoms with Gasteiger partial charge in [0.25, 0.3) is 0 Å². The van der Waals surface area contributed by atoms with Gasteiger partial charge in [-0.15, -0.1) is 0 Å². The molecule has 1 aliphatic rings. The third-order valence-electron chi connectivity index (χ3n) is 5.24. The monoisotopic (exact) mass is 392 g/mol. The van der Waals surface area contributed by atoms with Crippen LogP contribution >= 0.6 is 0 Å². The third kappa shape index (κ3) is 4.90. The molecule has 0 radical (unpaired) electrons. The zero-order chi connectivity index (χ0) is 20.2. The summed E-state index contributed by atoms with van der Waals surface area (Å²) in [6.07, 6.45) is 5.86. The van der Waals surface area contributed by atoms with Crippen molar-refractivity contribution in [1.29, 1.82) is 0 Å². The highest BCUT2D eigenvalue weighted by molar-refractivity contribution is 5.78. The van der Waals surface area contributed by atoms with Gasteiger partial charge in [0.05, 0.1) is 18.4 Å². The summed E-state index contributed by atoms with van der Waals surface area (Å²) >= 11 is 0. The minimum atomic E-state index is -0.215. The fourth-order valence-corrected chi connectivity index (χ4v) is 3.42. The summed E-state index contributed by atoms with van der Waals surface area (Å²) in [7, 11) is 1.80. The van der Waals surface area contributed by atoms with E-state index >= 15 is 0 Å². The molecule has 6 heteroatoms. The average Bonchev–Trinajstić information content (AvgIpc) is 3.48. The highest BCUT2D eigenvalue weighted by Crippen LogP contribution is 2.28. The van der Waals surface area contributed by atoms with Crippen LogP contribution in [0.15, 0.2) is 67.0 Å². The van der Waals surface area contributed by atoms with Crippen LogP contribution in [0.1, 0.15) is 24.0 Å². The van der Waals surface area contributed by atoms with Crippen molar-refractivity contribution in [3.8, 4) is 5.69 Å². The quantitative estimate of drug-likeness (QED) is 0.588. The molecule has 4 rings (SSSR count). The van der Waals surface area contributed by atoms with Gasteiger partial charge in [0.2, 0.25) is 5.91 Å². The Labute approximate surface area is 170 Å². The average molecular weight is 392 g/mol. The fourth-order valence-electron chi connectivity index (χ4n) is 3.42. The Hall–Kier alpha value is -2.99. The van der Waals surface area contributed by atoms with Crippen LogP contribution in [0, 0.1) is 5.82 Å². The Bertz CT molecular complexity index is 968. The number of nitrogens with zero attached hydrogens (tertiary/aromatic N) is 4. The van der Waals surface area contributed by atoms with E-state index in [0.29, 0.717) is 31.2 Å². The van der Waals surface area contributed by atoms with E-state index in [1.807, 2.05) is 47.3 Å². The van der Waals surface area contributed by atoms with E-state index in [4.69, 9.17) is 0 Å². The topological polar surface area (TPSA) is 41.4 Å². The molecular formula is C23H25FN4O. The standard InChI is InChI=1S/C23H25FN4O/c1-26(14-18-13-25-28(15-18)21-8-3-2-4-9-21)23(29)17-27(20-11-12-20)16-19-7-5-6-10-22(19)24/h2-10,13,15,20H,11-12,14,16-17H2,1H3. The second-order valence-electron chi connectivity index (χ2n) is 7.61.